The third-order valence-corrected chi connectivity index (χ3v) is 6.98. The van der Waals surface area contributed by atoms with Crippen LogP contribution in [0.25, 0.3) is 0 Å². The van der Waals surface area contributed by atoms with Gasteiger partial charge < -0.3 is 19.7 Å². The van der Waals surface area contributed by atoms with Gasteiger partial charge >= 0.3 is 0 Å². The predicted octanol–water partition coefficient (Wildman–Crippen LogP) is 5.38. The lowest BCUT2D eigenvalue weighted by atomic mass is 9.61. The van der Waals surface area contributed by atoms with Crippen LogP contribution in [0.2, 0.25) is 0 Å². The largest absolute Gasteiger partial charge is 0.377 e. The molecule has 0 spiro atoms. The van der Waals surface area contributed by atoms with E-state index in [1.807, 2.05) is 135 Å². The smallest absolute Gasteiger partial charge is 0.169 e. The van der Waals surface area contributed by atoms with Crippen LogP contribution < -0.4 is 0 Å². The van der Waals surface area contributed by atoms with Gasteiger partial charge in [-0.1, -0.05) is 121 Å². The molecule has 1 aliphatic heterocycles. The van der Waals surface area contributed by atoms with Crippen LogP contribution in [0.15, 0.2) is 121 Å². The number of benzene rings is 4. The molecule has 0 amide bonds. The maximum Gasteiger partial charge on any atom is 0.169 e. The van der Waals surface area contributed by atoms with Crippen molar-refractivity contribution in [2.45, 2.75) is 36.4 Å². The fourth-order valence-electron chi connectivity index (χ4n) is 5.36. The number of aliphatic hydroxyl groups is 2. The maximum atomic E-state index is 13.0. The normalized spacial score (nSPS) is 17.3. The Balaban J connectivity index is 1.91. The van der Waals surface area contributed by atoms with Crippen LogP contribution in [-0.4, -0.2) is 28.2 Å². The Morgan fingerprint density at radius 3 is 1.06 bits per heavy atom. The Kier molecular flexibility index (Phi) is 5.86. The first kappa shape index (κ1) is 23.5. The topological polar surface area (TPSA) is 58.9 Å². The van der Waals surface area contributed by atoms with Gasteiger partial charge in [-0.25, -0.2) is 0 Å². The molecule has 1 heterocycles. The van der Waals surface area contributed by atoms with Crippen molar-refractivity contribution in [2.24, 2.45) is 0 Å². The summed E-state index contributed by atoms with van der Waals surface area (Å²) in [7, 11) is 0. The van der Waals surface area contributed by atoms with Gasteiger partial charge in [-0.2, -0.15) is 0 Å². The Morgan fingerprint density at radius 2 is 0.829 bits per heavy atom. The predicted molar refractivity (Wildman–Crippen MR) is 136 cm³/mol. The minimum Gasteiger partial charge on any atom is -0.377 e. The summed E-state index contributed by atoms with van der Waals surface area (Å²) in [6.07, 6.45) is 0. The van der Waals surface area contributed by atoms with E-state index in [-0.39, 0.29) is 6.61 Å². The van der Waals surface area contributed by atoms with Crippen LogP contribution in [0, 0.1) is 0 Å². The minimum atomic E-state index is -1.79. The Hall–Kier alpha value is -3.28. The lowest BCUT2D eigenvalue weighted by Crippen LogP contribution is -2.67. The molecule has 0 aliphatic carbocycles. The summed E-state index contributed by atoms with van der Waals surface area (Å²) in [5, 5.41) is 26.1. The van der Waals surface area contributed by atoms with E-state index < -0.39 is 22.6 Å². The molecule has 1 fully saturated rings. The summed E-state index contributed by atoms with van der Waals surface area (Å²) >= 11 is 0. The number of hydrogen-bond donors (Lipinski definition) is 2. The van der Waals surface area contributed by atoms with Crippen LogP contribution in [0.4, 0.5) is 0 Å². The molecule has 0 saturated carbocycles. The monoisotopic (exact) mass is 466 g/mol. The molecule has 5 rings (SSSR count). The van der Waals surface area contributed by atoms with Gasteiger partial charge in [0.1, 0.15) is 11.2 Å². The molecule has 4 nitrogen and oxygen atoms in total. The zero-order chi connectivity index (χ0) is 24.6. The minimum absolute atomic E-state index is 0.0550. The summed E-state index contributed by atoms with van der Waals surface area (Å²) in [6, 6.07) is 37.5. The molecular formula is C31H30O4. The first-order valence-corrected chi connectivity index (χ1v) is 11.8. The highest BCUT2D eigenvalue weighted by Gasteiger charge is 2.71. The van der Waals surface area contributed by atoms with Gasteiger partial charge in [-0.05, 0) is 36.1 Å². The molecule has 4 heteroatoms. The van der Waals surface area contributed by atoms with Crippen molar-refractivity contribution in [1.82, 2.24) is 0 Å². The van der Waals surface area contributed by atoms with E-state index in [2.05, 4.69) is 0 Å². The summed E-state index contributed by atoms with van der Waals surface area (Å²) < 4.78 is 13.0. The average molecular weight is 467 g/mol. The average Bonchev–Trinajstić information content (AvgIpc) is 3.26. The van der Waals surface area contributed by atoms with Crippen molar-refractivity contribution in [2.75, 3.05) is 6.61 Å². The molecule has 2 N–H and O–H groups in total. The Bertz CT molecular complexity index is 1090. The molecule has 1 saturated heterocycles. The molecule has 0 aromatic heterocycles. The Labute approximate surface area is 206 Å². The van der Waals surface area contributed by atoms with Crippen LogP contribution in [0.5, 0.6) is 0 Å². The van der Waals surface area contributed by atoms with Gasteiger partial charge in [0.2, 0.25) is 0 Å². The van der Waals surface area contributed by atoms with E-state index in [9.17, 15) is 10.2 Å². The van der Waals surface area contributed by atoms with E-state index in [1.165, 1.54) is 0 Å². The van der Waals surface area contributed by atoms with Crippen molar-refractivity contribution >= 4 is 0 Å². The standard InChI is InChI=1S/C31H30O4/c1-28(2)34-23-29(35-28,30(32,24-15-7-3-8-16-24)25-17-9-4-10-18-25)31(33,26-19-11-5-12-20-26)27-21-13-6-14-22-27/h3-22,32-33H,23H2,1-2H3. The summed E-state index contributed by atoms with van der Waals surface area (Å²) in [5.41, 5.74) is -2.85. The van der Waals surface area contributed by atoms with Crippen molar-refractivity contribution in [3.8, 4) is 0 Å². The fourth-order valence-corrected chi connectivity index (χ4v) is 5.36. The molecule has 0 unspecified atom stereocenters. The van der Waals surface area contributed by atoms with Gasteiger partial charge in [0.05, 0.1) is 6.61 Å². The molecule has 178 valence electrons. The van der Waals surface area contributed by atoms with Crippen molar-refractivity contribution in [1.29, 1.82) is 0 Å². The van der Waals surface area contributed by atoms with Crippen LogP contribution in [0.1, 0.15) is 36.1 Å². The lowest BCUT2D eigenvalue weighted by Gasteiger charge is -2.53. The second-order valence-electron chi connectivity index (χ2n) is 9.50. The van der Waals surface area contributed by atoms with Gasteiger partial charge in [0, 0.05) is 0 Å². The summed E-state index contributed by atoms with van der Waals surface area (Å²) in [6.45, 7) is 3.56. The second kappa shape index (κ2) is 8.74. The zero-order valence-electron chi connectivity index (χ0n) is 20.0. The summed E-state index contributed by atoms with van der Waals surface area (Å²) in [4.78, 5) is 0. The SMILES string of the molecule is CC1(C)OCC(C(O)(c2ccccc2)c2ccccc2)(C(O)(c2ccccc2)c2ccccc2)O1. The van der Waals surface area contributed by atoms with Gasteiger partial charge in [0.15, 0.2) is 11.4 Å². The highest BCUT2D eigenvalue weighted by atomic mass is 16.8. The number of ether oxygens (including phenoxy) is 2. The fraction of sp³-hybridized carbons (Fsp3) is 0.226. The molecule has 35 heavy (non-hydrogen) atoms. The van der Waals surface area contributed by atoms with Gasteiger partial charge in [-0.15, -0.1) is 0 Å². The van der Waals surface area contributed by atoms with E-state index in [0.29, 0.717) is 22.3 Å². The maximum absolute atomic E-state index is 13.0. The molecular weight excluding hydrogens is 436 g/mol. The molecule has 0 radical (unpaired) electrons. The number of rotatable bonds is 6. The van der Waals surface area contributed by atoms with Gasteiger partial charge in [-0.3, -0.25) is 0 Å². The molecule has 4 aromatic rings. The van der Waals surface area contributed by atoms with E-state index in [4.69, 9.17) is 9.47 Å². The van der Waals surface area contributed by atoms with Crippen molar-refractivity contribution < 1.29 is 19.7 Å². The molecule has 1 aliphatic rings. The van der Waals surface area contributed by atoms with E-state index >= 15 is 0 Å². The second-order valence-corrected chi connectivity index (χ2v) is 9.50. The quantitative estimate of drug-likeness (QED) is 0.401. The Morgan fingerprint density at radius 1 is 0.543 bits per heavy atom. The van der Waals surface area contributed by atoms with Crippen molar-refractivity contribution in [3.63, 3.8) is 0 Å². The highest BCUT2D eigenvalue weighted by Crippen LogP contribution is 2.58. The first-order valence-electron chi connectivity index (χ1n) is 11.8. The lowest BCUT2D eigenvalue weighted by molar-refractivity contribution is -0.264. The first-order chi connectivity index (χ1) is 16.8. The third-order valence-electron chi connectivity index (χ3n) is 6.98. The van der Waals surface area contributed by atoms with Crippen molar-refractivity contribution in [3.05, 3.63) is 144 Å². The van der Waals surface area contributed by atoms with Gasteiger partial charge in [0.25, 0.3) is 0 Å². The van der Waals surface area contributed by atoms with Crippen LogP contribution in [0.3, 0.4) is 0 Å². The van der Waals surface area contributed by atoms with Crippen LogP contribution >= 0.6 is 0 Å². The highest BCUT2D eigenvalue weighted by molar-refractivity contribution is 5.49. The number of hydrogen-bond acceptors (Lipinski definition) is 4. The summed E-state index contributed by atoms with van der Waals surface area (Å²) in [5.74, 6) is -1.06. The zero-order valence-corrected chi connectivity index (χ0v) is 20.0. The molecule has 0 bridgehead atoms. The molecule has 0 atom stereocenters. The van der Waals surface area contributed by atoms with E-state index in [0.717, 1.165) is 0 Å². The third kappa shape index (κ3) is 3.62. The van der Waals surface area contributed by atoms with E-state index in [1.54, 1.807) is 0 Å². The van der Waals surface area contributed by atoms with Crippen LogP contribution in [-0.2, 0) is 20.7 Å². The molecule has 4 aromatic carbocycles.